The molecule has 0 saturated heterocycles. The van der Waals surface area contributed by atoms with Crippen LogP contribution in [-0.2, 0) is 4.79 Å². The van der Waals surface area contributed by atoms with E-state index in [1.165, 1.54) is 0 Å². The van der Waals surface area contributed by atoms with Crippen molar-refractivity contribution in [2.45, 2.75) is 23.6 Å². The van der Waals surface area contributed by atoms with E-state index in [-0.39, 0.29) is 16.7 Å². The molecule has 98 valence electrons. The number of benzene rings is 1. The smallest absolute Gasteiger partial charge is 0.241 e. The number of hydrogen-bond donors (Lipinski definition) is 2. The van der Waals surface area contributed by atoms with Crippen molar-refractivity contribution in [1.29, 1.82) is 0 Å². The van der Waals surface area contributed by atoms with Gasteiger partial charge in [-0.2, -0.15) is 11.8 Å². The summed E-state index contributed by atoms with van der Waals surface area (Å²) in [6.45, 7) is 0. The van der Waals surface area contributed by atoms with Crippen LogP contribution < -0.4 is 11.1 Å². The van der Waals surface area contributed by atoms with Gasteiger partial charge >= 0.3 is 0 Å². The van der Waals surface area contributed by atoms with Gasteiger partial charge in [-0.05, 0) is 53.2 Å². The van der Waals surface area contributed by atoms with Gasteiger partial charge in [-0.15, -0.1) is 0 Å². The fraction of sp³-hybridized carbons (Fsp3) is 0.417. The highest BCUT2D eigenvalue weighted by Gasteiger charge is 2.51. The van der Waals surface area contributed by atoms with E-state index >= 15 is 0 Å². The summed E-state index contributed by atoms with van der Waals surface area (Å²) in [5.74, 6) is -0.312. The van der Waals surface area contributed by atoms with Crippen molar-refractivity contribution >= 4 is 50.9 Å². The summed E-state index contributed by atoms with van der Waals surface area (Å²) >= 11 is 11.0. The van der Waals surface area contributed by atoms with Crippen LogP contribution in [0.4, 0.5) is 5.69 Å². The number of rotatable bonds is 5. The molecule has 3 N–H and O–H groups in total. The summed E-state index contributed by atoms with van der Waals surface area (Å²) in [5, 5.41) is 3.86. The maximum atomic E-state index is 11.6. The second-order valence-corrected chi connectivity index (χ2v) is 6.86. The molecule has 0 bridgehead atoms. The largest absolute Gasteiger partial charge is 0.373 e. The van der Waals surface area contributed by atoms with Gasteiger partial charge in [-0.3, -0.25) is 4.79 Å². The molecule has 1 saturated carbocycles. The van der Waals surface area contributed by atoms with Gasteiger partial charge < -0.3 is 11.1 Å². The lowest BCUT2D eigenvalue weighted by Gasteiger charge is -2.24. The van der Waals surface area contributed by atoms with Gasteiger partial charge in [0.05, 0.1) is 5.02 Å². The lowest BCUT2D eigenvalue weighted by molar-refractivity contribution is -0.118. The number of carbonyl (C=O) groups is 1. The first kappa shape index (κ1) is 14.0. The second-order valence-electron chi connectivity index (χ2n) is 4.38. The molecule has 0 aliphatic heterocycles. The Labute approximate surface area is 124 Å². The Morgan fingerprint density at radius 3 is 2.72 bits per heavy atom. The number of anilines is 1. The quantitative estimate of drug-likeness (QED) is 0.858. The topological polar surface area (TPSA) is 55.1 Å². The molecule has 0 heterocycles. The van der Waals surface area contributed by atoms with Crippen molar-refractivity contribution in [3.05, 3.63) is 27.7 Å². The predicted octanol–water partition coefficient (Wildman–Crippen LogP) is 3.26. The van der Waals surface area contributed by atoms with Crippen molar-refractivity contribution in [2.24, 2.45) is 5.73 Å². The van der Waals surface area contributed by atoms with E-state index in [9.17, 15) is 4.79 Å². The molecule has 0 aromatic heterocycles. The SMILES string of the molecule is CSC1(C(Nc2ccc(Cl)c(Br)c2)C(N)=O)CC1. The molecule has 1 amide bonds. The highest BCUT2D eigenvalue weighted by atomic mass is 79.9. The minimum Gasteiger partial charge on any atom is -0.373 e. The third kappa shape index (κ3) is 2.78. The fourth-order valence-corrected chi connectivity index (χ4v) is 3.37. The number of nitrogens with two attached hydrogens (primary N) is 1. The number of amides is 1. The van der Waals surface area contributed by atoms with Crippen molar-refractivity contribution in [3.63, 3.8) is 0 Å². The van der Waals surface area contributed by atoms with Gasteiger partial charge in [-0.25, -0.2) is 0 Å². The third-order valence-electron chi connectivity index (χ3n) is 3.19. The Bertz CT molecular complexity index is 479. The molecule has 0 spiro atoms. The Morgan fingerprint density at radius 1 is 1.61 bits per heavy atom. The van der Waals surface area contributed by atoms with Gasteiger partial charge in [-0.1, -0.05) is 11.6 Å². The lowest BCUT2D eigenvalue weighted by Crippen LogP contribution is -2.44. The summed E-state index contributed by atoms with van der Waals surface area (Å²) in [6.07, 6.45) is 4.05. The monoisotopic (exact) mass is 348 g/mol. The molecule has 0 radical (unpaired) electrons. The minimum atomic E-state index is -0.347. The van der Waals surface area contributed by atoms with Crippen molar-refractivity contribution in [2.75, 3.05) is 11.6 Å². The normalized spacial score (nSPS) is 18.2. The molecule has 18 heavy (non-hydrogen) atoms. The molecule has 1 unspecified atom stereocenters. The highest BCUT2D eigenvalue weighted by molar-refractivity contribution is 9.10. The molecular weight excluding hydrogens is 336 g/mol. The number of carbonyl (C=O) groups excluding carboxylic acids is 1. The zero-order valence-electron chi connectivity index (χ0n) is 9.87. The molecule has 2 rings (SSSR count). The maximum Gasteiger partial charge on any atom is 0.241 e. The summed E-state index contributed by atoms with van der Waals surface area (Å²) in [4.78, 5) is 11.6. The molecule has 1 atom stereocenters. The fourth-order valence-electron chi connectivity index (χ4n) is 1.95. The van der Waals surface area contributed by atoms with Gasteiger partial charge in [0, 0.05) is 14.9 Å². The van der Waals surface area contributed by atoms with E-state index in [1.54, 1.807) is 17.8 Å². The number of thioether (sulfide) groups is 1. The van der Waals surface area contributed by atoms with Crippen LogP contribution in [0.5, 0.6) is 0 Å². The van der Waals surface area contributed by atoms with Crippen molar-refractivity contribution < 1.29 is 4.79 Å². The van der Waals surface area contributed by atoms with E-state index in [0.29, 0.717) is 5.02 Å². The van der Waals surface area contributed by atoms with Gasteiger partial charge in [0.15, 0.2) is 0 Å². The Balaban J connectivity index is 2.19. The van der Waals surface area contributed by atoms with Crippen LogP contribution in [0.15, 0.2) is 22.7 Å². The summed E-state index contributed by atoms with van der Waals surface area (Å²) in [5.41, 5.74) is 6.34. The second kappa shape index (κ2) is 5.31. The zero-order chi connectivity index (χ0) is 13.3. The highest BCUT2D eigenvalue weighted by Crippen LogP contribution is 2.50. The summed E-state index contributed by atoms with van der Waals surface area (Å²) in [6, 6.07) is 5.14. The summed E-state index contributed by atoms with van der Waals surface area (Å²) < 4.78 is 0.754. The van der Waals surface area contributed by atoms with Gasteiger partial charge in [0.1, 0.15) is 6.04 Å². The Kier molecular flexibility index (Phi) is 4.14. The Morgan fingerprint density at radius 2 is 2.28 bits per heavy atom. The standard InChI is InChI=1S/C12H14BrClN2OS/c1-18-12(4-5-12)10(11(15)17)16-7-2-3-9(14)8(13)6-7/h2-3,6,10,16H,4-5H2,1H3,(H2,15,17). The van der Waals surface area contributed by atoms with E-state index in [1.807, 2.05) is 18.4 Å². The van der Waals surface area contributed by atoms with Crippen LogP contribution in [-0.4, -0.2) is 23.0 Å². The van der Waals surface area contributed by atoms with Gasteiger partial charge in [0.2, 0.25) is 5.91 Å². The molecule has 1 aliphatic rings. The minimum absolute atomic E-state index is 0.0437. The molecule has 1 aromatic carbocycles. The van der Waals surface area contributed by atoms with Crippen molar-refractivity contribution in [3.8, 4) is 0 Å². The molecule has 1 fully saturated rings. The van der Waals surface area contributed by atoms with E-state index < -0.39 is 0 Å². The molecular formula is C12H14BrClN2OS. The van der Waals surface area contributed by atoms with Crippen LogP contribution >= 0.6 is 39.3 Å². The van der Waals surface area contributed by atoms with E-state index in [0.717, 1.165) is 23.0 Å². The first-order chi connectivity index (χ1) is 8.48. The average molecular weight is 350 g/mol. The molecule has 3 nitrogen and oxygen atoms in total. The molecule has 1 aliphatic carbocycles. The van der Waals surface area contributed by atoms with E-state index in [4.69, 9.17) is 17.3 Å². The number of halogens is 2. The number of primary amides is 1. The van der Waals surface area contributed by atoms with Crippen LogP contribution in [0.1, 0.15) is 12.8 Å². The van der Waals surface area contributed by atoms with Gasteiger partial charge in [0.25, 0.3) is 0 Å². The van der Waals surface area contributed by atoms with Crippen molar-refractivity contribution in [1.82, 2.24) is 0 Å². The van der Waals surface area contributed by atoms with Crippen LogP contribution in [0, 0.1) is 0 Å². The van der Waals surface area contributed by atoms with Crippen LogP contribution in [0.25, 0.3) is 0 Å². The molecule has 1 aromatic rings. The number of nitrogens with one attached hydrogen (secondary N) is 1. The van der Waals surface area contributed by atoms with Crippen LogP contribution in [0.3, 0.4) is 0 Å². The maximum absolute atomic E-state index is 11.6. The first-order valence-electron chi connectivity index (χ1n) is 5.54. The first-order valence-corrected chi connectivity index (χ1v) is 7.94. The number of hydrogen-bond acceptors (Lipinski definition) is 3. The zero-order valence-corrected chi connectivity index (χ0v) is 13.0. The van der Waals surface area contributed by atoms with E-state index in [2.05, 4.69) is 21.2 Å². The summed E-state index contributed by atoms with van der Waals surface area (Å²) in [7, 11) is 0. The molecule has 6 heteroatoms. The van der Waals surface area contributed by atoms with Crippen LogP contribution in [0.2, 0.25) is 5.02 Å². The Hall–Kier alpha value is -0.390. The predicted molar refractivity (Wildman–Crippen MR) is 81.2 cm³/mol. The third-order valence-corrected chi connectivity index (χ3v) is 5.86. The lowest BCUT2D eigenvalue weighted by atomic mass is 10.1. The average Bonchev–Trinajstić information content (AvgIpc) is 3.11.